The van der Waals surface area contributed by atoms with Gasteiger partial charge in [-0.1, -0.05) is 18.5 Å². The molecule has 2 aromatic rings. The first-order chi connectivity index (χ1) is 8.57. The lowest BCUT2D eigenvalue weighted by Gasteiger charge is -2.33. The molecule has 0 radical (unpaired) electrons. The molecule has 0 unspecified atom stereocenters. The highest BCUT2D eigenvalue weighted by Gasteiger charge is 2.36. The molecule has 3 heteroatoms. The van der Waals surface area contributed by atoms with E-state index in [9.17, 15) is 5.11 Å². The average molecular weight is 265 g/mol. The molecule has 0 aliphatic heterocycles. The Bertz CT molecular complexity index is 565. The van der Waals surface area contributed by atoms with Crippen molar-refractivity contribution in [1.82, 2.24) is 0 Å². The van der Waals surface area contributed by atoms with Crippen molar-refractivity contribution in [3.8, 4) is 0 Å². The largest absolute Gasteiger partial charge is 0.458 e. The third-order valence-electron chi connectivity index (χ3n) is 4.04. The van der Waals surface area contributed by atoms with Gasteiger partial charge < -0.3 is 9.52 Å². The third-order valence-corrected chi connectivity index (χ3v) is 4.27. The van der Waals surface area contributed by atoms with Gasteiger partial charge in [-0.2, -0.15) is 0 Å². The van der Waals surface area contributed by atoms with Crippen molar-refractivity contribution in [1.29, 1.82) is 0 Å². The molecule has 1 heterocycles. The van der Waals surface area contributed by atoms with Crippen molar-refractivity contribution in [3.63, 3.8) is 0 Å². The molecule has 1 aliphatic carbocycles. The summed E-state index contributed by atoms with van der Waals surface area (Å²) < 4.78 is 5.79. The zero-order valence-corrected chi connectivity index (χ0v) is 11.2. The van der Waals surface area contributed by atoms with Crippen LogP contribution in [-0.2, 0) is 5.60 Å². The van der Waals surface area contributed by atoms with E-state index in [4.69, 9.17) is 16.0 Å². The van der Waals surface area contributed by atoms with Gasteiger partial charge in [0.05, 0.1) is 0 Å². The molecule has 2 nitrogen and oxygen atoms in total. The molecule has 1 aromatic heterocycles. The van der Waals surface area contributed by atoms with Gasteiger partial charge in [-0.25, -0.2) is 0 Å². The van der Waals surface area contributed by atoms with Gasteiger partial charge in [-0.3, -0.25) is 0 Å². The summed E-state index contributed by atoms with van der Waals surface area (Å²) in [7, 11) is 0. The highest BCUT2D eigenvalue weighted by molar-refractivity contribution is 6.31. The summed E-state index contributed by atoms with van der Waals surface area (Å²) in [6.07, 6.45) is 3.66. The molecule has 1 aromatic carbocycles. The number of rotatable bonds is 1. The Morgan fingerprint density at radius 1 is 1.28 bits per heavy atom. The van der Waals surface area contributed by atoms with Crippen molar-refractivity contribution in [2.24, 2.45) is 5.92 Å². The van der Waals surface area contributed by atoms with Gasteiger partial charge in [0.2, 0.25) is 0 Å². The lowest BCUT2D eigenvalue weighted by atomic mass is 9.78. The third kappa shape index (κ3) is 2.04. The Morgan fingerprint density at radius 2 is 2.00 bits per heavy atom. The first kappa shape index (κ1) is 12.1. The molecule has 0 amide bonds. The molecule has 1 N–H and O–H groups in total. The predicted molar refractivity (Wildman–Crippen MR) is 72.8 cm³/mol. The average Bonchev–Trinajstić information content (AvgIpc) is 2.77. The molecular weight excluding hydrogens is 248 g/mol. The minimum Gasteiger partial charge on any atom is -0.458 e. The van der Waals surface area contributed by atoms with E-state index in [1.807, 2.05) is 24.3 Å². The highest BCUT2D eigenvalue weighted by Crippen LogP contribution is 2.41. The van der Waals surface area contributed by atoms with Crippen LogP contribution in [0.5, 0.6) is 0 Å². The molecule has 96 valence electrons. The minimum absolute atomic E-state index is 0.687. The number of furan rings is 1. The molecule has 18 heavy (non-hydrogen) atoms. The normalized spacial score (nSPS) is 28.7. The minimum atomic E-state index is -0.794. The van der Waals surface area contributed by atoms with Crippen LogP contribution in [0.4, 0.5) is 0 Å². The maximum Gasteiger partial charge on any atom is 0.136 e. The smallest absolute Gasteiger partial charge is 0.136 e. The molecule has 3 rings (SSSR count). The molecule has 0 bridgehead atoms. The van der Waals surface area contributed by atoms with Crippen molar-refractivity contribution in [3.05, 3.63) is 35.0 Å². The summed E-state index contributed by atoms with van der Waals surface area (Å²) in [6, 6.07) is 7.47. The number of fused-ring (bicyclic) bond motifs is 1. The summed E-state index contributed by atoms with van der Waals surface area (Å²) in [5.74, 6) is 1.38. The van der Waals surface area contributed by atoms with Crippen LogP contribution >= 0.6 is 11.6 Å². The van der Waals surface area contributed by atoms with E-state index < -0.39 is 5.60 Å². The van der Waals surface area contributed by atoms with E-state index in [0.717, 1.165) is 36.7 Å². The van der Waals surface area contributed by atoms with Crippen LogP contribution in [0.3, 0.4) is 0 Å². The summed E-state index contributed by atoms with van der Waals surface area (Å²) >= 11 is 5.96. The van der Waals surface area contributed by atoms with E-state index in [-0.39, 0.29) is 0 Å². The van der Waals surface area contributed by atoms with E-state index in [1.54, 1.807) is 0 Å². The molecule has 1 aliphatic rings. The molecular formula is C15H17ClO2. The topological polar surface area (TPSA) is 33.4 Å². The second kappa shape index (κ2) is 4.29. The number of hydrogen-bond acceptors (Lipinski definition) is 2. The van der Waals surface area contributed by atoms with Crippen molar-refractivity contribution in [2.75, 3.05) is 0 Å². The van der Waals surface area contributed by atoms with Crippen molar-refractivity contribution < 1.29 is 9.52 Å². The number of hydrogen-bond donors (Lipinski definition) is 1. The van der Waals surface area contributed by atoms with Crippen LogP contribution in [0.1, 0.15) is 38.4 Å². The number of aliphatic hydroxyl groups is 1. The monoisotopic (exact) mass is 264 g/mol. The molecule has 1 fully saturated rings. The number of benzene rings is 1. The standard InChI is InChI=1S/C15H17ClO2/c1-10-4-6-15(17,7-5-10)14-9-11-8-12(16)2-3-13(11)18-14/h2-3,8-10,17H,4-7H2,1H3. The van der Waals surface area contributed by atoms with E-state index >= 15 is 0 Å². The summed E-state index contributed by atoms with van der Waals surface area (Å²) in [6.45, 7) is 2.23. The Labute approximate surface area is 112 Å². The zero-order chi connectivity index (χ0) is 12.8. The fourth-order valence-corrected chi connectivity index (χ4v) is 2.91. The van der Waals surface area contributed by atoms with Gasteiger partial charge in [-0.15, -0.1) is 0 Å². The van der Waals surface area contributed by atoms with Gasteiger partial charge in [0.25, 0.3) is 0 Å². The van der Waals surface area contributed by atoms with Crippen molar-refractivity contribution >= 4 is 22.6 Å². The van der Waals surface area contributed by atoms with Crippen LogP contribution in [0, 0.1) is 5.92 Å². The quantitative estimate of drug-likeness (QED) is 0.824. The van der Waals surface area contributed by atoms with Crippen molar-refractivity contribution in [2.45, 2.75) is 38.2 Å². The van der Waals surface area contributed by atoms with Crippen LogP contribution < -0.4 is 0 Å². The van der Waals surface area contributed by atoms with Gasteiger partial charge in [0.15, 0.2) is 0 Å². The Morgan fingerprint density at radius 3 is 2.72 bits per heavy atom. The zero-order valence-electron chi connectivity index (χ0n) is 10.4. The molecule has 0 saturated heterocycles. The summed E-state index contributed by atoms with van der Waals surface area (Å²) in [5, 5.41) is 12.4. The van der Waals surface area contributed by atoms with Gasteiger partial charge in [-0.05, 0) is 55.9 Å². The molecule has 0 atom stereocenters. The Balaban J connectivity index is 1.98. The highest BCUT2D eigenvalue weighted by atomic mass is 35.5. The van der Waals surface area contributed by atoms with Crippen LogP contribution in [0.2, 0.25) is 5.02 Å². The Kier molecular flexibility index (Phi) is 2.87. The second-order valence-corrected chi connectivity index (χ2v) is 5.94. The van der Waals surface area contributed by atoms with E-state index in [1.165, 1.54) is 0 Å². The van der Waals surface area contributed by atoms with Crippen LogP contribution in [-0.4, -0.2) is 5.11 Å². The lowest BCUT2D eigenvalue weighted by Crippen LogP contribution is -2.30. The van der Waals surface area contributed by atoms with Gasteiger partial charge in [0, 0.05) is 10.4 Å². The SMILES string of the molecule is CC1CCC(O)(c2cc3cc(Cl)ccc3o2)CC1. The maximum absolute atomic E-state index is 10.7. The van der Waals surface area contributed by atoms with E-state index in [2.05, 4.69) is 6.92 Å². The fraction of sp³-hybridized carbons (Fsp3) is 0.467. The van der Waals surface area contributed by atoms with Gasteiger partial charge >= 0.3 is 0 Å². The molecule has 1 saturated carbocycles. The van der Waals surface area contributed by atoms with Crippen LogP contribution in [0.25, 0.3) is 11.0 Å². The predicted octanol–water partition coefficient (Wildman–Crippen LogP) is 4.48. The van der Waals surface area contributed by atoms with Gasteiger partial charge in [0.1, 0.15) is 16.9 Å². The van der Waals surface area contributed by atoms with E-state index in [0.29, 0.717) is 16.7 Å². The number of halogens is 1. The fourth-order valence-electron chi connectivity index (χ4n) is 2.73. The first-order valence-electron chi connectivity index (χ1n) is 6.49. The van der Waals surface area contributed by atoms with Crippen LogP contribution in [0.15, 0.2) is 28.7 Å². The first-order valence-corrected chi connectivity index (χ1v) is 6.87. The maximum atomic E-state index is 10.7. The Hall–Kier alpha value is -0.990. The summed E-state index contributed by atoms with van der Waals surface area (Å²) in [4.78, 5) is 0. The second-order valence-electron chi connectivity index (χ2n) is 5.51. The molecule has 0 spiro atoms. The lowest BCUT2D eigenvalue weighted by molar-refractivity contribution is -0.0289. The summed E-state index contributed by atoms with van der Waals surface area (Å²) in [5.41, 5.74) is -0.000638.